The predicted molar refractivity (Wildman–Crippen MR) is 59.8 cm³/mol. The maximum Gasteiger partial charge on any atom is 0.335 e. The molecule has 0 amide bonds. The van der Waals surface area contributed by atoms with Crippen molar-refractivity contribution in [1.29, 1.82) is 0 Å². The Labute approximate surface area is 93.8 Å². The van der Waals surface area contributed by atoms with Crippen molar-refractivity contribution in [3.63, 3.8) is 0 Å². The van der Waals surface area contributed by atoms with Crippen LogP contribution in [0.2, 0.25) is 0 Å². The van der Waals surface area contributed by atoms with Crippen molar-refractivity contribution < 1.29 is 18.3 Å². The summed E-state index contributed by atoms with van der Waals surface area (Å²) in [4.78, 5) is 10.6. The van der Waals surface area contributed by atoms with Crippen LogP contribution < -0.4 is 5.73 Å². The number of rotatable bonds is 4. The monoisotopic (exact) mass is 243 g/mol. The first-order valence-corrected chi connectivity index (χ1v) is 6.40. The number of hydrogen-bond acceptors (Lipinski definition) is 4. The van der Waals surface area contributed by atoms with Crippen LogP contribution in [0.5, 0.6) is 0 Å². The van der Waals surface area contributed by atoms with Gasteiger partial charge < -0.3 is 10.8 Å². The third-order valence-corrected chi connectivity index (χ3v) is 4.13. The minimum atomic E-state index is -3.35. The van der Waals surface area contributed by atoms with Gasteiger partial charge in [0.25, 0.3) is 0 Å². The molecule has 0 radical (unpaired) electrons. The number of aromatic carboxylic acids is 1. The molecule has 0 aliphatic heterocycles. The quantitative estimate of drug-likeness (QED) is 0.814. The second-order valence-corrected chi connectivity index (χ2v) is 5.71. The first-order chi connectivity index (χ1) is 7.38. The number of hydrogen-bond donors (Lipinski definition) is 2. The lowest BCUT2D eigenvalue weighted by Gasteiger charge is -2.11. The highest BCUT2D eigenvalue weighted by Crippen LogP contribution is 2.18. The Bertz CT molecular complexity index is 478. The molecule has 0 saturated carbocycles. The highest BCUT2D eigenvalue weighted by atomic mass is 32.2. The summed E-state index contributed by atoms with van der Waals surface area (Å²) in [5.41, 5.74) is 6.07. The molecular formula is C10H13NO4S. The number of carbonyl (C=O) groups is 1. The molecule has 3 N–H and O–H groups in total. The van der Waals surface area contributed by atoms with Gasteiger partial charge in [-0.1, -0.05) is 19.1 Å². The fourth-order valence-corrected chi connectivity index (χ4v) is 2.13. The fraction of sp³-hybridized carbons (Fsp3) is 0.300. The molecular weight excluding hydrogens is 230 g/mol. The zero-order chi connectivity index (χ0) is 12.3. The van der Waals surface area contributed by atoms with Crippen molar-refractivity contribution in [2.75, 3.05) is 5.75 Å². The van der Waals surface area contributed by atoms with Crippen LogP contribution in [-0.2, 0) is 9.84 Å². The Morgan fingerprint density at radius 3 is 2.25 bits per heavy atom. The van der Waals surface area contributed by atoms with Gasteiger partial charge >= 0.3 is 5.97 Å². The average molecular weight is 243 g/mol. The number of sulfone groups is 1. The summed E-state index contributed by atoms with van der Waals surface area (Å²) in [6, 6.07) is 5.51. The van der Waals surface area contributed by atoms with Gasteiger partial charge in [-0.25, -0.2) is 13.2 Å². The van der Waals surface area contributed by atoms with E-state index in [1.165, 1.54) is 31.2 Å². The van der Waals surface area contributed by atoms with Crippen LogP contribution in [0.15, 0.2) is 24.3 Å². The molecule has 6 heteroatoms. The second kappa shape index (κ2) is 4.63. The Morgan fingerprint density at radius 2 is 1.88 bits per heavy atom. The largest absolute Gasteiger partial charge is 0.478 e. The van der Waals surface area contributed by atoms with Crippen LogP contribution in [0.1, 0.15) is 28.2 Å². The average Bonchev–Trinajstić information content (AvgIpc) is 2.28. The third kappa shape index (κ3) is 2.59. The van der Waals surface area contributed by atoms with E-state index in [4.69, 9.17) is 10.8 Å². The molecule has 1 atom stereocenters. The van der Waals surface area contributed by atoms with Crippen LogP contribution in [0.4, 0.5) is 0 Å². The normalized spacial score (nSPS) is 13.4. The highest BCUT2D eigenvalue weighted by molar-refractivity contribution is 7.91. The molecule has 1 aromatic rings. The van der Waals surface area contributed by atoms with Crippen molar-refractivity contribution in [3.05, 3.63) is 35.4 Å². The number of carboxylic acids is 1. The molecule has 0 bridgehead atoms. The summed E-state index contributed by atoms with van der Waals surface area (Å²) >= 11 is 0. The van der Waals surface area contributed by atoms with Crippen LogP contribution in [0.25, 0.3) is 0 Å². The van der Waals surface area contributed by atoms with E-state index in [0.717, 1.165) is 0 Å². The molecule has 5 nitrogen and oxygen atoms in total. The highest BCUT2D eigenvalue weighted by Gasteiger charge is 2.21. The molecule has 0 aliphatic carbocycles. The zero-order valence-corrected chi connectivity index (χ0v) is 9.57. The van der Waals surface area contributed by atoms with Crippen LogP contribution in [-0.4, -0.2) is 25.2 Å². The summed E-state index contributed by atoms with van der Waals surface area (Å²) in [6.45, 7) is 1.51. The molecule has 0 heterocycles. The van der Waals surface area contributed by atoms with E-state index < -0.39 is 21.2 Å². The second-order valence-electron chi connectivity index (χ2n) is 3.30. The van der Waals surface area contributed by atoms with Crippen LogP contribution >= 0.6 is 0 Å². The molecule has 88 valence electrons. The van der Waals surface area contributed by atoms with Crippen LogP contribution in [0, 0.1) is 0 Å². The van der Waals surface area contributed by atoms with E-state index in [-0.39, 0.29) is 11.3 Å². The van der Waals surface area contributed by atoms with Gasteiger partial charge in [0.15, 0.2) is 9.84 Å². The van der Waals surface area contributed by atoms with Crippen molar-refractivity contribution in [2.24, 2.45) is 5.73 Å². The molecule has 16 heavy (non-hydrogen) atoms. The Balaban J connectivity index is 3.03. The lowest BCUT2D eigenvalue weighted by Crippen LogP contribution is -2.23. The van der Waals surface area contributed by atoms with Crippen molar-refractivity contribution >= 4 is 15.8 Å². The molecule has 1 rings (SSSR count). The molecule has 0 fully saturated rings. The zero-order valence-electron chi connectivity index (χ0n) is 8.75. The lowest BCUT2D eigenvalue weighted by atomic mass is 10.1. The maximum atomic E-state index is 11.5. The van der Waals surface area contributed by atoms with Gasteiger partial charge in [0.05, 0.1) is 5.56 Å². The molecule has 0 aliphatic rings. The topological polar surface area (TPSA) is 97.5 Å². The first-order valence-electron chi connectivity index (χ1n) is 4.69. The van der Waals surface area contributed by atoms with E-state index in [1.807, 2.05) is 0 Å². The number of nitrogens with two attached hydrogens (primary N) is 1. The van der Waals surface area contributed by atoms with Crippen molar-refractivity contribution in [3.8, 4) is 0 Å². The Kier molecular flexibility index (Phi) is 3.66. The summed E-state index contributed by atoms with van der Waals surface area (Å²) in [5.74, 6) is -1.10. The van der Waals surface area contributed by atoms with Crippen LogP contribution in [0.3, 0.4) is 0 Å². The van der Waals surface area contributed by atoms with Gasteiger partial charge in [-0.2, -0.15) is 0 Å². The van der Waals surface area contributed by atoms with Gasteiger partial charge in [0, 0.05) is 5.75 Å². The molecule has 1 aromatic carbocycles. The molecule has 0 saturated heterocycles. The number of carboxylic acid groups (broad SMARTS) is 1. The standard InChI is InChI=1S/C10H13NO4S/c1-2-16(14,15)9(11)7-3-5-8(6-4-7)10(12)13/h3-6,9H,2,11H2,1H3,(H,12,13). The van der Waals surface area contributed by atoms with E-state index >= 15 is 0 Å². The summed E-state index contributed by atoms with van der Waals surface area (Å²) < 4.78 is 23.0. The van der Waals surface area contributed by atoms with Gasteiger partial charge in [-0.05, 0) is 17.7 Å². The first kappa shape index (κ1) is 12.7. The van der Waals surface area contributed by atoms with E-state index in [9.17, 15) is 13.2 Å². The minimum absolute atomic E-state index is 0.0468. The summed E-state index contributed by atoms with van der Waals surface area (Å²) in [5, 5.41) is 7.57. The van der Waals surface area contributed by atoms with E-state index in [1.54, 1.807) is 0 Å². The van der Waals surface area contributed by atoms with Crippen molar-refractivity contribution in [1.82, 2.24) is 0 Å². The SMILES string of the molecule is CCS(=O)(=O)C(N)c1ccc(C(=O)O)cc1. The maximum absolute atomic E-state index is 11.5. The Morgan fingerprint density at radius 1 is 1.38 bits per heavy atom. The molecule has 1 unspecified atom stereocenters. The third-order valence-electron chi connectivity index (χ3n) is 2.28. The molecule has 0 aromatic heterocycles. The minimum Gasteiger partial charge on any atom is -0.478 e. The lowest BCUT2D eigenvalue weighted by molar-refractivity contribution is 0.0697. The van der Waals surface area contributed by atoms with E-state index in [2.05, 4.69) is 0 Å². The van der Waals surface area contributed by atoms with Gasteiger partial charge in [-0.3, -0.25) is 0 Å². The summed E-state index contributed by atoms with van der Waals surface area (Å²) in [7, 11) is -3.35. The van der Waals surface area contributed by atoms with Gasteiger partial charge in [0.2, 0.25) is 0 Å². The smallest absolute Gasteiger partial charge is 0.335 e. The molecule has 0 spiro atoms. The number of benzene rings is 1. The Hall–Kier alpha value is -1.40. The predicted octanol–water partition coefficient (Wildman–Crippen LogP) is 0.777. The summed E-state index contributed by atoms with van der Waals surface area (Å²) in [6.07, 6.45) is 0. The van der Waals surface area contributed by atoms with E-state index in [0.29, 0.717) is 5.56 Å². The van der Waals surface area contributed by atoms with Crippen molar-refractivity contribution in [2.45, 2.75) is 12.3 Å². The van der Waals surface area contributed by atoms with Gasteiger partial charge in [0.1, 0.15) is 5.37 Å². The van der Waals surface area contributed by atoms with Gasteiger partial charge in [-0.15, -0.1) is 0 Å². The fourth-order valence-electron chi connectivity index (χ4n) is 1.20.